The molecule has 4 N–H and O–H groups in total. The summed E-state index contributed by atoms with van der Waals surface area (Å²) in [6.45, 7) is 1.77. The van der Waals surface area contributed by atoms with Crippen LogP contribution in [0, 0.1) is 0 Å². The van der Waals surface area contributed by atoms with Crippen LogP contribution in [0.3, 0.4) is 0 Å². The maximum Gasteiger partial charge on any atom is 0.222 e. The Hall–Kier alpha value is -2.05. The monoisotopic (exact) mass is 373 g/mol. The van der Waals surface area contributed by atoms with E-state index < -0.39 is 0 Å². The van der Waals surface area contributed by atoms with Gasteiger partial charge in [0.15, 0.2) is 0 Å². The maximum atomic E-state index is 6.06. The molecule has 4 rings (SSSR count). The molecule has 0 bridgehead atoms. The molecular weight excluding hydrogens is 350 g/mol. The fourth-order valence-corrected chi connectivity index (χ4v) is 3.78. The van der Waals surface area contributed by atoms with Gasteiger partial charge in [-0.25, -0.2) is 4.98 Å². The standard InChI is InChI=1S/C19H24ClN5O/c20-13-1-3-15(4-2-13)26-16-5-7-25(8-6-16)18-11-17(23-19(22)24-18)12-9-14(21)10-12/h1-4,11-12,14,16H,5-10,21H2,(H2,22,23,24). The predicted octanol–water partition coefficient (Wildman–Crippen LogP) is 2.96. The molecule has 1 aliphatic carbocycles. The lowest BCUT2D eigenvalue weighted by Crippen LogP contribution is -2.39. The number of aromatic nitrogens is 2. The Morgan fingerprint density at radius 2 is 1.77 bits per heavy atom. The molecule has 6 nitrogen and oxygen atoms in total. The molecule has 1 aromatic carbocycles. The molecule has 1 aliphatic heterocycles. The van der Waals surface area contributed by atoms with Crippen molar-refractivity contribution in [2.75, 3.05) is 23.7 Å². The van der Waals surface area contributed by atoms with Gasteiger partial charge in [-0.3, -0.25) is 0 Å². The molecule has 2 heterocycles. The zero-order chi connectivity index (χ0) is 18.1. The highest BCUT2D eigenvalue weighted by molar-refractivity contribution is 6.30. The number of anilines is 2. The second-order valence-electron chi connectivity index (χ2n) is 7.20. The highest BCUT2D eigenvalue weighted by atomic mass is 35.5. The van der Waals surface area contributed by atoms with Crippen molar-refractivity contribution in [1.29, 1.82) is 0 Å². The number of ether oxygens (including phenoxy) is 1. The summed E-state index contributed by atoms with van der Waals surface area (Å²) in [6.07, 6.45) is 4.04. The third-order valence-corrected chi connectivity index (χ3v) is 5.48. The Balaban J connectivity index is 1.37. The number of piperidine rings is 1. The molecular formula is C19H24ClN5O. The summed E-state index contributed by atoms with van der Waals surface area (Å²) in [6, 6.07) is 9.89. The number of hydrogen-bond donors (Lipinski definition) is 2. The predicted molar refractivity (Wildman–Crippen MR) is 104 cm³/mol. The number of nitrogen functional groups attached to an aromatic ring is 1. The first-order valence-corrected chi connectivity index (χ1v) is 9.52. The van der Waals surface area contributed by atoms with Gasteiger partial charge in [0, 0.05) is 49.0 Å². The van der Waals surface area contributed by atoms with Gasteiger partial charge in [-0.05, 0) is 37.1 Å². The Kier molecular flexibility index (Phi) is 4.87. The van der Waals surface area contributed by atoms with Crippen molar-refractivity contribution < 1.29 is 4.74 Å². The van der Waals surface area contributed by atoms with Crippen molar-refractivity contribution >= 4 is 23.4 Å². The van der Waals surface area contributed by atoms with Crippen LogP contribution in [0.25, 0.3) is 0 Å². The van der Waals surface area contributed by atoms with E-state index in [1.807, 2.05) is 24.3 Å². The van der Waals surface area contributed by atoms with Crippen molar-refractivity contribution in [1.82, 2.24) is 9.97 Å². The Morgan fingerprint density at radius 1 is 1.08 bits per heavy atom. The van der Waals surface area contributed by atoms with Crippen LogP contribution in [0.4, 0.5) is 11.8 Å². The highest BCUT2D eigenvalue weighted by Crippen LogP contribution is 2.36. The number of hydrogen-bond acceptors (Lipinski definition) is 6. The average Bonchev–Trinajstić information content (AvgIpc) is 2.61. The quantitative estimate of drug-likeness (QED) is 0.856. The smallest absolute Gasteiger partial charge is 0.222 e. The van der Waals surface area contributed by atoms with Crippen molar-refractivity contribution in [3.63, 3.8) is 0 Å². The van der Waals surface area contributed by atoms with Crippen LogP contribution in [0.1, 0.15) is 37.3 Å². The minimum atomic E-state index is 0.204. The number of rotatable bonds is 4. The second-order valence-corrected chi connectivity index (χ2v) is 7.63. The van der Waals surface area contributed by atoms with Crippen LogP contribution in [0.5, 0.6) is 5.75 Å². The summed E-state index contributed by atoms with van der Waals surface area (Å²) in [4.78, 5) is 11.1. The molecule has 1 saturated carbocycles. The van der Waals surface area contributed by atoms with E-state index in [1.165, 1.54) is 0 Å². The highest BCUT2D eigenvalue weighted by Gasteiger charge is 2.30. The van der Waals surface area contributed by atoms with E-state index in [1.54, 1.807) is 0 Å². The molecule has 0 unspecified atom stereocenters. The van der Waals surface area contributed by atoms with E-state index in [0.29, 0.717) is 17.9 Å². The lowest BCUT2D eigenvalue weighted by molar-refractivity contribution is 0.170. The van der Waals surface area contributed by atoms with E-state index in [2.05, 4.69) is 20.9 Å². The molecule has 1 saturated heterocycles. The molecule has 2 fully saturated rings. The average molecular weight is 374 g/mol. The van der Waals surface area contributed by atoms with Crippen LogP contribution >= 0.6 is 11.6 Å². The molecule has 2 aliphatic rings. The van der Waals surface area contributed by atoms with Gasteiger partial charge < -0.3 is 21.1 Å². The molecule has 0 spiro atoms. The molecule has 0 atom stereocenters. The van der Waals surface area contributed by atoms with Crippen molar-refractivity contribution in [3.05, 3.63) is 41.0 Å². The van der Waals surface area contributed by atoms with Crippen molar-refractivity contribution in [3.8, 4) is 5.75 Å². The van der Waals surface area contributed by atoms with Gasteiger partial charge in [0.25, 0.3) is 0 Å². The van der Waals surface area contributed by atoms with E-state index in [-0.39, 0.29) is 6.10 Å². The van der Waals surface area contributed by atoms with Gasteiger partial charge in [0.05, 0.1) is 5.69 Å². The minimum absolute atomic E-state index is 0.204. The van der Waals surface area contributed by atoms with Crippen LogP contribution in [-0.2, 0) is 0 Å². The third kappa shape index (κ3) is 3.86. The molecule has 1 aromatic heterocycles. The molecule has 0 amide bonds. The Labute approximate surface area is 158 Å². The third-order valence-electron chi connectivity index (χ3n) is 5.22. The number of nitrogens with zero attached hydrogens (tertiary/aromatic N) is 3. The lowest BCUT2D eigenvalue weighted by atomic mass is 9.78. The van der Waals surface area contributed by atoms with Crippen LogP contribution in [0.15, 0.2) is 30.3 Å². The van der Waals surface area contributed by atoms with Gasteiger partial charge in [0.2, 0.25) is 5.95 Å². The Morgan fingerprint density at radius 3 is 2.42 bits per heavy atom. The summed E-state index contributed by atoms with van der Waals surface area (Å²) >= 11 is 5.92. The largest absolute Gasteiger partial charge is 0.490 e. The molecule has 2 aromatic rings. The number of benzene rings is 1. The van der Waals surface area contributed by atoms with E-state index >= 15 is 0 Å². The zero-order valence-electron chi connectivity index (χ0n) is 14.6. The first-order chi connectivity index (χ1) is 12.6. The van der Waals surface area contributed by atoms with Gasteiger partial charge >= 0.3 is 0 Å². The van der Waals surface area contributed by atoms with Gasteiger partial charge in [-0.2, -0.15) is 4.98 Å². The molecule has 0 radical (unpaired) electrons. The molecule has 7 heteroatoms. The summed E-state index contributed by atoms with van der Waals surface area (Å²) in [5.41, 5.74) is 12.9. The topological polar surface area (TPSA) is 90.3 Å². The molecule has 138 valence electrons. The minimum Gasteiger partial charge on any atom is -0.490 e. The van der Waals surface area contributed by atoms with E-state index in [9.17, 15) is 0 Å². The molecule has 26 heavy (non-hydrogen) atoms. The first kappa shape index (κ1) is 17.4. The normalized spacial score (nSPS) is 23.5. The van der Waals surface area contributed by atoms with Crippen molar-refractivity contribution in [2.24, 2.45) is 5.73 Å². The summed E-state index contributed by atoms with van der Waals surface area (Å²) in [5, 5.41) is 0.719. The van der Waals surface area contributed by atoms with Gasteiger partial charge in [0.1, 0.15) is 17.7 Å². The van der Waals surface area contributed by atoms with E-state index in [4.69, 9.17) is 27.8 Å². The first-order valence-electron chi connectivity index (χ1n) is 9.14. The fourth-order valence-electron chi connectivity index (χ4n) is 3.65. The van der Waals surface area contributed by atoms with Crippen LogP contribution in [-0.4, -0.2) is 35.2 Å². The summed E-state index contributed by atoms with van der Waals surface area (Å²) in [5.74, 6) is 2.54. The van der Waals surface area contributed by atoms with E-state index in [0.717, 1.165) is 61.1 Å². The fraction of sp³-hybridized carbons (Fsp3) is 0.474. The summed E-state index contributed by atoms with van der Waals surface area (Å²) in [7, 11) is 0. The Bertz CT molecular complexity index is 755. The number of nitrogens with two attached hydrogens (primary N) is 2. The maximum absolute atomic E-state index is 6.06. The SMILES string of the molecule is Nc1nc(C2CC(N)C2)cc(N2CCC(Oc3ccc(Cl)cc3)CC2)n1. The van der Waals surface area contributed by atoms with Gasteiger partial charge in [-0.1, -0.05) is 11.6 Å². The van der Waals surface area contributed by atoms with Crippen LogP contribution < -0.4 is 21.1 Å². The number of halogens is 1. The zero-order valence-corrected chi connectivity index (χ0v) is 15.4. The van der Waals surface area contributed by atoms with Crippen LogP contribution in [0.2, 0.25) is 5.02 Å². The lowest BCUT2D eigenvalue weighted by Gasteiger charge is -2.35. The van der Waals surface area contributed by atoms with Gasteiger partial charge in [-0.15, -0.1) is 0 Å². The second kappa shape index (κ2) is 7.29. The van der Waals surface area contributed by atoms with Crippen molar-refractivity contribution in [2.45, 2.75) is 43.7 Å². The summed E-state index contributed by atoms with van der Waals surface area (Å²) < 4.78 is 6.06.